The van der Waals surface area contributed by atoms with Crippen molar-refractivity contribution in [3.63, 3.8) is 0 Å². The summed E-state index contributed by atoms with van der Waals surface area (Å²) in [5.74, 6) is -0.279. The van der Waals surface area contributed by atoms with Gasteiger partial charge in [-0.15, -0.1) is 0 Å². The lowest BCUT2D eigenvalue weighted by atomic mass is 9.79. The molecular weight excluding hydrogens is 314 g/mol. The number of benzene rings is 2. The molecule has 0 radical (unpaired) electrons. The fourth-order valence-electron chi connectivity index (χ4n) is 2.84. The van der Waals surface area contributed by atoms with Crippen LogP contribution < -0.4 is 5.73 Å². The van der Waals surface area contributed by atoms with Crippen LogP contribution in [-0.2, 0) is 14.9 Å². The minimum absolute atomic E-state index is 0.0784. The maximum absolute atomic E-state index is 12.7. The third-order valence-corrected chi connectivity index (χ3v) is 4.53. The highest BCUT2D eigenvalue weighted by atomic mass is 16.5. The second-order valence-electron chi connectivity index (χ2n) is 6.81. The highest BCUT2D eigenvalue weighted by Gasteiger charge is 2.23. The average Bonchev–Trinajstić information content (AvgIpc) is 2.61. The van der Waals surface area contributed by atoms with Crippen LogP contribution in [0.4, 0.5) is 5.69 Å². The summed E-state index contributed by atoms with van der Waals surface area (Å²) < 4.78 is 4.69. The summed E-state index contributed by atoms with van der Waals surface area (Å²) in [4.78, 5) is 24.0. The van der Waals surface area contributed by atoms with Gasteiger partial charge in [-0.05, 0) is 36.0 Å². The zero-order valence-electron chi connectivity index (χ0n) is 15.0. The van der Waals surface area contributed by atoms with Gasteiger partial charge in [0.25, 0.3) is 0 Å². The average molecular weight is 339 g/mol. The highest BCUT2D eigenvalue weighted by molar-refractivity contribution is 6.12. The number of hydrogen-bond donors (Lipinski definition) is 1. The van der Waals surface area contributed by atoms with E-state index in [0.717, 1.165) is 18.4 Å². The lowest BCUT2D eigenvalue weighted by Crippen LogP contribution is -2.19. The van der Waals surface area contributed by atoms with Crippen molar-refractivity contribution in [2.24, 2.45) is 0 Å². The van der Waals surface area contributed by atoms with Crippen molar-refractivity contribution in [3.8, 4) is 0 Å². The van der Waals surface area contributed by atoms with E-state index < -0.39 is 0 Å². The van der Waals surface area contributed by atoms with Crippen molar-refractivity contribution >= 4 is 17.4 Å². The van der Waals surface area contributed by atoms with E-state index in [1.807, 2.05) is 30.3 Å². The van der Waals surface area contributed by atoms with Crippen LogP contribution in [0.15, 0.2) is 48.5 Å². The molecule has 0 atom stereocenters. The lowest BCUT2D eigenvalue weighted by Gasteiger charge is -2.26. The van der Waals surface area contributed by atoms with Crippen molar-refractivity contribution in [1.82, 2.24) is 0 Å². The fourth-order valence-corrected chi connectivity index (χ4v) is 2.84. The molecule has 0 aliphatic carbocycles. The second-order valence-corrected chi connectivity index (χ2v) is 6.81. The summed E-state index contributed by atoms with van der Waals surface area (Å²) in [5, 5.41) is 0. The quantitative estimate of drug-likeness (QED) is 0.468. The third-order valence-electron chi connectivity index (χ3n) is 4.53. The Bertz CT molecular complexity index is 751. The Morgan fingerprint density at radius 2 is 1.76 bits per heavy atom. The third kappa shape index (κ3) is 4.69. The molecule has 0 bridgehead atoms. The van der Waals surface area contributed by atoms with Crippen LogP contribution in [0.5, 0.6) is 0 Å². The predicted octanol–water partition coefficient (Wildman–Crippen LogP) is 4.12. The van der Waals surface area contributed by atoms with Crippen LogP contribution in [0.1, 0.15) is 54.6 Å². The van der Waals surface area contributed by atoms with E-state index in [-0.39, 0.29) is 17.2 Å². The molecule has 0 spiro atoms. The molecule has 0 aliphatic rings. The monoisotopic (exact) mass is 339 g/mol. The van der Waals surface area contributed by atoms with Gasteiger partial charge in [0.1, 0.15) is 0 Å². The summed E-state index contributed by atoms with van der Waals surface area (Å²) >= 11 is 0. The molecule has 0 aliphatic heterocycles. The first-order valence-corrected chi connectivity index (χ1v) is 8.42. The Kier molecular flexibility index (Phi) is 5.97. The molecule has 132 valence electrons. The normalized spacial score (nSPS) is 11.2. The number of anilines is 1. The number of ether oxygens (including phenoxy) is 1. The van der Waals surface area contributed by atoms with E-state index >= 15 is 0 Å². The number of carbonyl (C=O) groups is 2. The maximum Gasteiger partial charge on any atom is 0.305 e. The molecule has 4 nitrogen and oxygen atoms in total. The standard InChI is InChI=1S/C21H25NO3/c1-21(2,13-7-10-19(23)25-3)16-11-12-18(22)17(14-16)20(24)15-8-5-4-6-9-15/h4-6,8-9,11-12,14H,7,10,13,22H2,1-3H3. The minimum Gasteiger partial charge on any atom is -0.469 e. The molecule has 25 heavy (non-hydrogen) atoms. The SMILES string of the molecule is COC(=O)CCCC(C)(C)c1ccc(N)c(C(=O)c2ccccc2)c1. The van der Waals surface area contributed by atoms with Crippen LogP contribution in [-0.4, -0.2) is 18.9 Å². The number of rotatable bonds is 7. The first-order chi connectivity index (χ1) is 11.8. The molecule has 2 aromatic rings. The lowest BCUT2D eigenvalue weighted by molar-refractivity contribution is -0.140. The van der Waals surface area contributed by atoms with E-state index in [2.05, 4.69) is 18.6 Å². The Morgan fingerprint density at radius 3 is 2.40 bits per heavy atom. The summed E-state index contributed by atoms with van der Waals surface area (Å²) in [5.41, 5.74) is 8.52. The molecule has 0 fully saturated rings. The number of esters is 1. The van der Waals surface area contributed by atoms with Gasteiger partial charge in [0.2, 0.25) is 0 Å². The minimum atomic E-state index is -0.201. The van der Waals surface area contributed by atoms with Crippen LogP contribution >= 0.6 is 0 Å². The summed E-state index contributed by atoms with van der Waals surface area (Å²) in [6.45, 7) is 4.21. The van der Waals surface area contributed by atoms with Gasteiger partial charge < -0.3 is 10.5 Å². The highest BCUT2D eigenvalue weighted by Crippen LogP contribution is 2.31. The molecule has 2 aromatic carbocycles. The summed E-state index contributed by atoms with van der Waals surface area (Å²) in [7, 11) is 1.40. The molecule has 2 N–H and O–H groups in total. The van der Waals surface area contributed by atoms with Gasteiger partial charge >= 0.3 is 5.97 Å². The van der Waals surface area contributed by atoms with Crippen LogP contribution in [0.3, 0.4) is 0 Å². The van der Waals surface area contributed by atoms with Crippen molar-refractivity contribution in [3.05, 3.63) is 65.2 Å². The van der Waals surface area contributed by atoms with Crippen molar-refractivity contribution in [2.75, 3.05) is 12.8 Å². The number of nitrogen functional groups attached to an aromatic ring is 1. The summed E-state index contributed by atoms with van der Waals surface area (Å²) in [6, 6.07) is 14.7. The molecule has 0 saturated heterocycles. The smallest absolute Gasteiger partial charge is 0.305 e. The Morgan fingerprint density at radius 1 is 1.08 bits per heavy atom. The fraction of sp³-hybridized carbons (Fsp3) is 0.333. The largest absolute Gasteiger partial charge is 0.469 e. The molecule has 0 unspecified atom stereocenters. The zero-order valence-corrected chi connectivity index (χ0v) is 15.0. The van der Waals surface area contributed by atoms with Gasteiger partial charge in [0.15, 0.2) is 5.78 Å². The van der Waals surface area contributed by atoms with Gasteiger partial charge in [-0.25, -0.2) is 0 Å². The molecular formula is C21H25NO3. The van der Waals surface area contributed by atoms with Crippen molar-refractivity contribution in [1.29, 1.82) is 0 Å². The van der Waals surface area contributed by atoms with E-state index in [1.54, 1.807) is 18.2 Å². The van der Waals surface area contributed by atoms with Gasteiger partial charge in [0, 0.05) is 23.2 Å². The van der Waals surface area contributed by atoms with Gasteiger partial charge in [-0.2, -0.15) is 0 Å². The molecule has 0 amide bonds. The Balaban J connectivity index is 2.22. The Hall–Kier alpha value is -2.62. The van der Waals surface area contributed by atoms with Crippen molar-refractivity contribution < 1.29 is 14.3 Å². The number of nitrogens with two attached hydrogens (primary N) is 1. The van der Waals surface area contributed by atoms with Crippen LogP contribution in [0.25, 0.3) is 0 Å². The van der Waals surface area contributed by atoms with E-state index in [0.29, 0.717) is 23.2 Å². The molecule has 0 heterocycles. The van der Waals surface area contributed by atoms with Gasteiger partial charge in [-0.1, -0.05) is 50.2 Å². The Labute approximate surface area is 149 Å². The van der Waals surface area contributed by atoms with E-state index in [1.165, 1.54) is 7.11 Å². The zero-order chi connectivity index (χ0) is 18.4. The molecule has 0 saturated carbocycles. The van der Waals surface area contributed by atoms with Crippen molar-refractivity contribution in [2.45, 2.75) is 38.5 Å². The molecule has 4 heteroatoms. The van der Waals surface area contributed by atoms with Crippen LogP contribution in [0.2, 0.25) is 0 Å². The predicted molar refractivity (Wildman–Crippen MR) is 99.6 cm³/mol. The second kappa shape index (κ2) is 7.97. The number of carbonyl (C=O) groups excluding carboxylic acids is 2. The first kappa shape index (κ1) is 18.7. The first-order valence-electron chi connectivity index (χ1n) is 8.42. The summed E-state index contributed by atoms with van der Waals surface area (Å²) in [6.07, 6.45) is 1.93. The number of ketones is 1. The molecule has 2 rings (SSSR count). The molecule has 0 aromatic heterocycles. The maximum atomic E-state index is 12.7. The van der Waals surface area contributed by atoms with Gasteiger partial charge in [-0.3, -0.25) is 9.59 Å². The van der Waals surface area contributed by atoms with E-state index in [4.69, 9.17) is 5.73 Å². The number of methoxy groups -OCH3 is 1. The number of hydrogen-bond acceptors (Lipinski definition) is 4. The topological polar surface area (TPSA) is 69.4 Å². The van der Waals surface area contributed by atoms with Gasteiger partial charge in [0.05, 0.1) is 7.11 Å². The van der Waals surface area contributed by atoms with Crippen LogP contribution in [0, 0.1) is 0 Å². The van der Waals surface area contributed by atoms with E-state index in [9.17, 15) is 9.59 Å².